The van der Waals surface area contributed by atoms with Crippen molar-refractivity contribution in [3.8, 4) is 0 Å². The highest BCUT2D eigenvalue weighted by Gasteiger charge is 2.19. The SMILES string of the molecule is Cc1ccc2c(c1)S/C(=C/C=C1\Sc3ccc(C)cc3S1)S2. The number of aryl methyl sites for hydroxylation is 2. The van der Waals surface area contributed by atoms with Crippen LogP contribution >= 0.6 is 47.0 Å². The van der Waals surface area contributed by atoms with E-state index < -0.39 is 0 Å². The van der Waals surface area contributed by atoms with Crippen LogP contribution in [0.25, 0.3) is 0 Å². The molecule has 0 fully saturated rings. The quantitative estimate of drug-likeness (QED) is 0.534. The van der Waals surface area contributed by atoms with Crippen molar-refractivity contribution < 1.29 is 0 Å². The third kappa shape index (κ3) is 3.02. The summed E-state index contributed by atoms with van der Waals surface area (Å²) in [6, 6.07) is 13.4. The molecular formula is C18H14S4. The summed E-state index contributed by atoms with van der Waals surface area (Å²) in [5.74, 6) is 0. The summed E-state index contributed by atoms with van der Waals surface area (Å²) in [6.45, 7) is 4.31. The van der Waals surface area contributed by atoms with Crippen molar-refractivity contribution in [1.82, 2.24) is 0 Å². The molecule has 2 aliphatic heterocycles. The molecule has 0 N–H and O–H groups in total. The highest BCUT2D eigenvalue weighted by atomic mass is 32.2. The molecule has 0 aliphatic carbocycles. The van der Waals surface area contributed by atoms with Crippen molar-refractivity contribution in [3.05, 3.63) is 68.2 Å². The van der Waals surface area contributed by atoms with E-state index in [1.165, 1.54) is 39.2 Å². The monoisotopic (exact) mass is 358 g/mol. The van der Waals surface area contributed by atoms with E-state index in [0.717, 1.165) is 0 Å². The fourth-order valence-electron chi connectivity index (χ4n) is 2.31. The molecule has 0 spiro atoms. The minimum Gasteiger partial charge on any atom is -0.0815 e. The maximum absolute atomic E-state index is 2.28. The smallest absolute Gasteiger partial charge is 0.0500 e. The lowest BCUT2D eigenvalue weighted by atomic mass is 10.2. The number of hydrogen-bond acceptors (Lipinski definition) is 4. The number of hydrogen-bond donors (Lipinski definition) is 0. The first-order chi connectivity index (χ1) is 10.7. The van der Waals surface area contributed by atoms with Crippen LogP contribution in [0.15, 0.2) is 76.6 Å². The fourth-order valence-corrected chi connectivity index (χ4v) is 7.05. The van der Waals surface area contributed by atoms with Crippen LogP contribution in [0.4, 0.5) is 0 Å². The summed E-state index contributed by atoms with van der Waals surface area (Å²) in [7, 11) is 0. The fraction of sp³-hybridized carbons (Fsp3) is 0.111. The van der Waals surface area contributed by atoms with Gasteiger partial charge in [0.1, 0.15) is 0 Å². The molecule has 4 heteroatoms. The Balaban J connectivity index is 1.52. The Morgan fingerprint density at radius 3 is 1.45 bits per heavy atom. The summed E-state index contributed by atoms with van der Waals surface area (Å²) < 4.78 is 2.72. The van der Waals surface area contributed by atoms with Crippen molar-refractivity contribution in [3.63, 3.8) is 0 Å². The molecular weight excluding hydrogens is 344 g/mol. The van der Waals surface area contributed by atoms with Crippen molar-refractivity contribution in [2.24, 2.45) is 0 Å². The summed E-state index contributed by atoms with van der Waals surface area (Å²) in [4.78, 5) is 5.54. The van der Waals surface area contributed by atoms with Gasteiger partial charge in [0.2, 0.25) is 0 Å². The first-order valence-electron chi connectivity index (χ1n) is 7.02. The molecule has 0 radical (unpaired) electrons. The first kappa shape index (κ1) is 14.9. The average molecular weight is 359 g/mol. The third-order valence-electron chi connectivity index (χ3n) is 3.40. The molecule has 2 aromatic carbocycles. The molecule has 0 saturated carbocycles. The molecule has 0 saturated heterocycles. The average Bonchev–Trinajstić information content (AvgIpc) is 3.07. The minimum absolute atomic E-state index is 1.33. The number of rotatable bonds is 1. The van der Waals surface area contributed by atoms with Crippen LogP contribution in [0, 0.1) is 13.8 Å². The van der Waals surface area contributed by atoms with Crippen LogP contribution in [0.2, 0.25) is 0 Å². The van der Waals surface area contributed by atoms with Crippen molar-refractivity contribution in [1.29, 1.82) is 0 Å². The van der Waals surface area contributed by atoms with Crippen molar-refractivity contribution in [2.75, 3.05) is 0 Å². The second-order valence-corrected chi connectivity index (χ2v) is 10.1. The highest BCUT2D eigenvalue weighted by Crippen LogP contribution is 2.53. The van der Waals surface area contributed by atoms with Crippen molar-refractivity contribution in [2.45, 2.75) is 33.4 Å². The van der Waals surface area contributed by atoms with E-state index in [1.807, 2.05) is 47.0 Å². The van der Waals surface area contributed by atoms with Gasteiger partial charge in [-0.25, -0.2) is 0 Å². The molecule has 4 rings (SSSR count). The third-order valence-corrected chi connectivity index (χ3v) is 8.27. The van der Waals surface area contributed by atoms with Crippen LogP contribution in [0.5, 0.6) is 0 Å². The second-order valence-electron chi connectivity index (χ2n) is 5.28. The van der Waals surface area contributed by atoms with Gasteiger partial charge in [0.05, 0.1) is 0 Å². The van der Waals surface area contributed by atoms with Crippen LogP contribution in [0.3, 0.4) is 0 Å². The van der Waals surface area contributed by atoms with Gasteiger partial charge < -0.3 is 0 Å². The topological polar surface area (TPSA) is 0 Å². The predicted molar refractivity (Wildman–Crippen MR) is 102 cm³/mol. The van der Waals surface area contributed by atoms with E-state index >= 15 is 0 Å². The Morgan fingerprint density at radius 2 is 1.00 bits per heavy atom. The lowest BCUT2D eigenvalue weighted by Crippen LogP contribution is -1.73. The van der Waals surface area contributed by atoms with Gasteiger partial charge in [-0.3, -0.25) is 0 Å². The van der Waals surface area contributed by atoms with E-state index in [0.29, 0.717) is 0 Å². The normalized spacial score (nSPS) is 19.7. The molecule has 0 aromatic heterocycles. The van der Waals surface area contributed by atoms with Crippen LogP contribution in [-0.2, 0) is 0 Å². The van der Waals surface area contributed by atoms with Crippen molar-refractivity contribution >= 4 is 47.0 Å². The lowest BCUT2D eigenvalue weighted by molar-refractivity contribution is 1.23. The van der Waals surface area contributed by atoms with Gasteiger partial charge in [0.25, 0.3) is 0 Å². The summed E-state index contributed by atoms with van der Waals surface area (Å²) in [5.41, 5.74) is 2.67. The highest BCUT2D eigenvalue weighted by molar-refractivity contribution is 8.25. The van der Waals surface area contributed by atoms with Gasteiger partial charge in [0.15, 0.2) is 0 Å². The summed E-state index contributed by atoms with van der Waals surface area (Å²) in [6.07, 6.45) is 4.53. The number of allylic oxidation sites excluding steroid dienone is 2. The molecule has 0 atom stereocenters. The Kier molecular flexibility index (Phi) is 4.11. The maximum Gasteiger partial charge on any atom is 0.0500 e. The largest absolute Gasteiger partial charge is 0.0815 e. The summed E-state index contributed by atoms with van der Waals surface area (Å²) in [5, 5.41) is 0. The van der Waals surface area contributed by atoms with Gasteiger partial charge >= 0.3 is 0 Å². The Hall–Kier alpha value is -0.680. The molecule has 2 aromatic rings. The molecule has 2 heterocycles. The summed E-state index contributed by atoms with van der Waals surface area (Å²) >= 11 is 7.51. The second kappa shape index (κ2) is 6.08. The minimum atomic E-state index is 1.33. The Labute approximate surface area is 148 Å². The van der Waals surface area contributed by atoms with Gasteiger partial charge in [-0.2, -0.15) is 0 Å². The number of fused-ring (bicyclic) bond motifs is 2. The Bertz CT molecular complexity index is 748. The molecule has 0 bridgehead atoms. The molecule has 0 nitrogen and oxygen atoms in total. The zero-order valence-corrected chi connectivity index (χ0v) is 15.5. The number of thioether (sulfide) groups is 4. The van der Waals surface area contributed by atoms with E-state index in [4.69, 9.17) is 0 Å². The number of benzene rings is 2. The standard InChI is InChI=1S/C18H14S4/c1-11-3-5-13-15(9-11)21-17(19-13)7-8-18-20-14-6-4-12(2)10-16(14)22-18/h3-10H,1-2H3/b17-7+,18-8+. The van der Waals surface area contributed by atoms with E-state index in [-0.39, 0.29) is 0 Å². The Morgan fingerprint density at radius 1 is 0.591 bits per heavy atom. The van der Waals surface area contributed by atoms with E-state index in [1.54, 1.807) is 0 Å². The van der Waals surface area contributed by atoms with Gasteiger partial charge in [-0.15, -0.1) is 0 Å². The van der Waals surface area contributed by atoms with Gasteiger partial charge in [-0.1, -0.05) is 59.2 Å². The van der Waals surface area contributed by atoms with E-state index in [9.17, 15) is 0 Å². The zero-order valence-electron chi connectivity index (χ0n) is 12.3. The van der Waals surface area contributed by atoms with E-state index in [2.05, 4.69) is 62.4 Å². The molecule has 2 aliphatic rings. The molecule has 110 valence electrons. The first-order valence-corrected chi connectivity index (χ1v) is 10.3. The maximum atomic E-state index is 2.28. The van der Waals surface area contributed by atoms with Crippen LogP contribution in [0.1, 0.15) is 11.1 Å². The van der Waals surface area contributed by atoms with Gasteiger partial charge in [0, 0.05) is 28.1 Å². The van der Waals surface area contributed by atoms with Crippen LogP contribution < -0.4 is 0 Å². The zero-order chi connectivity index (χ0) is 15.1. The van der Waals surface area contributed by atoms with Crippen LogP contribution in [-0.4, -0.2) is 0 Å². The molecule has 0 amide bonds. The molecule has 22 heavy (non-hydrogen) atoms. The predicted octanol–water partition coefficient (Wildman–Crippen LogP) is 7.08. The lowest BCUT2D eigenvalue weighted by Gasteiger charge is -1.95. The van der Waals surface area contributed by atoms with Gasteiger partial charge in [-0.05, 0) is 61.4 Å². The molecule has 0 unspecified atom stereocenters.